The highest BCUT2D eigenvalue weighted by molar-refractivity contribution is 7.10. The smallest absolute Gasteiger partial charge is 0.256 e. The van der Waals surface area contributed by atoms with Crippen LogP contribution in [0.5, 0.6) is 0 Å². The van der Waals surface area contributed by atoms with Crippen molar-refractivity contribution in [2.75, 3.05) is 16.0 Å². The highest BCUT2D eigenvalue weighted by Gasteiger charge is 2.16. The molecule has 2 heterocycles. The van der Waals surface area contributed by atoms with E-state index >= 15 is 0 Å². The first-order chi connectivity index (χ1) is 19.0. The van der Waals surface area contributed by atoms with Crippen LogP contribution >= 0.6 is 11.5 Å². The lowest BCUT2D eigenvalue weighted by Crippen LogP contribution is -2.23. The number of carbonyl (C=O) groups is 3. The first-order valence-electron chi connectivity index (χ1n) is 11.9. The molecule has 0 aliphatic rings. The number of anilines is 4. The fourth-order valence-corrected chi connectivity index (χ4v) is 4.47. The Balaban J connectivity index is 1.23. The van der Waals surface area contributed by atoms with E-state index in [0.717, 1.165) is 28.1 Å². The minimum atomic E-state index is -0.342. The number of aromatic nitrogens is 3. The quantitative estimate of drug-likeness (QED) is 0.219. The summed E-state index contributed by atoms with van der Waals surface area (Å²) >= 11 is 1.14. The zero-order valence-corrected chi connectivity index (χ0v) is 21.6. The summed E-state index contributed by atoms with van der Waals surface area (Å²) in [5, 5.41) is 12.1. The van der Waals surface area contributed by atoms with Crippen LogP contribution in [0.15, 0.2) is 85.2 Å². The molecular formula is C28H23N7O3S. The molecule has 0 unspecified atom stereocenters. The summed E-state index contributed by atoms with van der Waals surface area (Å²) < 4.78 is 4.15. The van der Waals surface area contributed by atoms with Crippen molar-refractivity contribution in [2.24, 2.45) is 0 Å². The van der Waals surface area contributed by atoms with Crippen LogP contribution in [0.3, 0.4) is 0 Å². The van der Waals surface area contributed by atoms with E-state index in [1.54, 1.807) is 48.7 Å². The lowest BCUT2D eigenvalue weighted by molar-refractivity contribution is -0.114. The van der Waals surface area contributed by atoms with Crippen molar-refractivity contribution in [3.63, 3.8) is 0 Å². The largest absolute Gasteiger partial charge is 0.348 e. The second-order valence-corrected chi connectivity index (χ2v) is 9.30. The standard InChI is InChI=1S/C28H23N7O3S/c1-17(36)32-23-11-4-5-12-24(23)34-26(37)19-8-6-7-18(13-19)14-30-27(38)20-15-31-39-28(20)35-25-16-29-21-9-2-3-10-22(21)33-25/h2-13,15-16H,14H2,1H3,(H,30,38)(H,32,36)(H,33,35)(H,34,37). The van der Waals surface area contributed by atoms with Crippen molar-refractivity contribution in [1.29, 1.82) is 0 Å². The lowest BCUT2D eigenvalue weighted by atomic mass is 10.1. The summed E-state index contributed by atoms with van der Waals surface area (Å²) in [6, 6.07) is 21.4. The molecule has 2 aromatic heterocycles. The van der Waals surface area contributed by atoms with Gasteiger partial charge in [0.1, 0.15) is 10.8 Å². The number of nitrogens with one attached hydrogen (secondary N) is 4. The van der Waals surface area contributed by atoms with Crippen LogP contribution < -0.4 is 21.3 Å². The molecule has 0 saturated heterocycles. The van der Waals surface area contributed by atoms with Crippen LogP contribution in [-0.4, -0.2) is 32.1 Å². The van der Waals surface area contributed by atoms with Gasteiger partial charge in [-0.3, -0.25) is 19.4 Å². The summed E-state index contributed by atoms with van der Waals surface area (Å²) in [6.45, 7) is 1.60. The molecule has 5 rings (SSSR count). The Labute approximate surface area is 227 Å². The number of amides is 3. The van der Waals surface area contributed by atoms with Gasteiger partial charge in [0, 0.05) is 19.0 Å². The average molecular weight is 538 g/mol. The van der Waals surface area contributed by atoms with Gasteiger partial charge in [-0.05, 0) is 53.5 Å². The van der Waals surface area contributed by atoms with Crippen LogP contribution in [-0.2, 0) is 11.3 Å². The van der Waals surface area contributed by atoms with Crippen molar-refractivity contribution in [3.8, 4) is 0 Å². The Hall–Kier alpha value is -5.16. The molecule has 194 valence electrons. The van der Waals surface area contributed by atoms with Gasteiger partial charge in [-0.25, -0.2) is 4.98 Å². The van der Waals surface area contributed by atoms with Crippen LogP contribution in [0.4, 0.5) is 22.2 Å². The van der Waals surface area contributed by atoms with Crippen LogP contribution in [0, 0.1) is 0 Å². The molecule has 4 N–H and O–H groups in total. The second-order valence-electron chi connectivity index (χ2n) is 8.50. The minimum Gasteiger partial charge on any atom is -0.348 e. The van der Waals surface area contributed by atoms with Gasteiger partial charge in [-0.15, -0.1) is 0 Å². The highest BCUT2D eigenvalue weighted by Crippen LogP contribution is 2.25. The topological polar surface area (TPSA) is 138 Å². The summed E-state index contributed by atoms with van der Waals surface area (Å²) in [6.07, 6.45) is 3.10. The van der Waals surface area contributed by atoms with E-state index in [2.05, 4.69) is 35.6 Å². The van der Waals surface area contributed by atoms with Gasteiger partial charge in [-0.1, -0.05) is 36.4 Å². The Bertz CT molecular complexity index is 1680. The maximum absolute atomic E-state index is 13.0. The van der Waals surface area contributed by atoms with Crippen molar-refractivity contribution in [1.82, 2.24) is 19.7 Å². The van der Waals surface area contributed by atoms with E-state index in [-0.39, 0.29) is 24.3 Å². The molecule has 0 fully saturated rings. The first-order valence-corrected chi connectivity index (χ1v) is 12.7. The third-order valence-corrected chi connectivity index (χ3v) is 6.35. The molecule has 0 aliphatic heterocycles. The van der Waals surface area contributed by atoms with Gasteiger partial charge in [0.25, 0.3) is 11.8 Å². The fourth-order valence-electron chi connectivity index (χ4n) is 3.81. The molecule has 0 bridgehead atoms. The molecular weight excluding hydrogens is 514 g/mol. The van der Waals surface area contributed by atoms with E-state index in [1.807, 2.05) is 30.3 Å². The van der Waals surface area contributed by atoms with Gasteiger partial charge in [0.15, 0.2) is 0 Å². The van der Waals surface area contributed by atoms with E-state index in [1.165, 1.54) is 13.1 Å². The number of hydrogen-bond donors (Lipinski definition) is 4. The third kappa shape index (κ3) is 6.22. The van der Waals surface area contributed by atoms with Crippen LogP contribution in [0.1, 0.15) is 33.2 Å². The van der Waals surface area contributed by atoms with Crippen LogP contribution in [0.25, 0.3) is 11.0 Å². The summed E-state index contributed by atoms with van der Waals surface area (Å²) in [5.41, 5.74) is 4.03. The highest BCUT2D eigenvalue weighted by atomic mass is 32.1. The maximum Gasteiger partial charge on any atom is 0.256 e. The van der Waals surface area contributed by atoms with E-state index in [4.69, 9.17) is 0 Å². The Morgan fingerprint density at radius 2 is 1.56 bits per heavy atom. The SMILES string of the molecule is CC(=O)Nc1ccccc1NC(=O)c1cccc(CNC(=O)c2cnsc2Nc2cnc3ccccc3n2)c1. The summed E-state index contributed by atoms with van der Waals surface area (Å²) in [7, 11) is 0. The third-order valence-electron chi connectivity index (χ3n) is 5.63. The predicted molar refractivity (Wildman–Crippen MR) is 151 cm³/mol. The number of nitrogens with zero attached hydrogens (tertiary/aromatic N) is 3. The molecule has 0 atom stereocenters. The lowest BCUT2D eigenvalue weighted by Gasteiger charge is -2.12. The van der Waals surface area contributed by atoms with Crippen molar-refractivity contribution in [2.45, 2.75) is 13.5 Å². The predicted octanol–water partition coefficient (Wildman–Crippen LogP) is 4.97. The maximum atomic E-state index is 13.0. The van der Waals surface area contributed by atoms with Crippen molar-refractivity contribution < 1.29 is 14.4 Å². The summed E-state index contributed by atoms with van der Waals surface area (Å²) in [4.78, 5) is 46.2. The molecule has 0 radical (unpaired) electrons. The zero-order valence-electron chi connectivity index (χ0n) is 20.8. The second kappa shape index (κ2) is 11.5. The molecule has 3 amide bonds. The molecule has 39 heavy (non-hydrogen) atoms. The van der Waals surface area contributed by atoms with E-state index in [0.29, 0.717) is 33.3 Å². The van der Waals surface area contributed by atoms with E-state index < -0.39 is 0 Å². The molecule has 10 nitrogen and oxygen atoms in total. The molecule has 0 spiro atoms. The van der Waals surface area contributed by atoms with E-state index in [9.17, 15) is 14.4 Å². The van der Waals surface area contributed by atoms with Gasteiger partial charge >= 0.3 is 0 Å². The molecule has 0 saturated carbocycles. The summed E-state index contributed by atoms with van der Waals surface area (Å²) in [5.74, 6) is -0.394. The average Bonchev–Trinajstić information content (AvgIpc) is 3.41. The van der Waals surface area contributed by atoms with Crippen molar-refractivity contribution in [3.05, 3.63) is 102 Å². The molecule has 5 aromatic rings. The molecule has 11 heteroatoms. The number of benzene rings is 3. The van der Waals surface area contributed by atoms with Gasteiger partial charge < -0.3 is 21.3 Å². The number of hydrogen-bond acceptors (Lipinski definition) is 8. The normalized spacial score (nSPS) is 10.6. The number of carbonyl (C=O) groups excluding carboxylic acids is 3. The Morgan fingerprint density at radius 1 is 0.821 bits per heavy atom. The number of rotatable bonds is 8. The fraction of sp³-hybridized carbons (Fsp3) is 0.0714. The van der Waals surface area contributed by atoms with Gasteiger partial charge in [0.2, 0.25) is 5.91 Å². The molecule has 0 aliphatic carbocycles. The first kappa shape index (κ1) is 25.5. The van der Waals surface area contributed by atoms with Gasteiger partial charge in [-0.2, -0.15) is 4.37 Å². The van der Waals surface area contributed by atoms with Crippen LogP contribution in [0.2, 0.25) is 0 Å². The number of fused-ring (bicyclic) bond motifs is 1. The Morgan fingerprint density at radius 3 is 2.36 bits per heavy atom. The Kier molecular flexibility index (Phi) is 7.51. The monoisotopic (exact) mass is 537 g/mol. The van der Waals surface area contributed by atoms with Crippen molar-refractivity contribution >= 4 is 62.5 Å². The number of para-hydroxylation sites is 4. The molecule has 3 aromatic carbocycles. The minimum absolute atomic E-state index is 0.202. The van der Waals surface area contributed by atoms with Gasteiger partial charge in [0.05, 0.1) is 40.4 Å². The zero-order chi connectivity index (χ0) is 27.2.